The van der Waals surface area contributed by atoms with Crippen LogP contribution in [-0.2, 0) is 4.74 Å². The van der Waals surface area contributed by atoms with Crippen LogP contribution < -0.4 is 0 Å². The minimum atomic E-state index is -5.66. The van der Waals surface area contributed by atoms with Crippen LogP contribution in [0.2, 0.25) is 0 Å². The fourth-order valence-corrected chi connectivity index (χ4v) is 0.374. The smallest absolute Gasteiger partial charge is 0.263 e. The maximum Gasteiger partial charge on any atom is 0.458 e. The Morgan fingerprint density at radius 3 is 1.27 bits per heavy atom. The number of epoxide rings is 1. The molecule has 1 aliphatic rings. The van der Waals surface area contributed by atoms with E-state index in [1.165, 1.54) is 0 Å². The van der Waals surface area contributed by atoms with Crippen molar-refractivity contribution in [3.63, 3.8) is 0 Å². The predicted octanol–water partition coefficient (Wildman–Crippen LogP) is 1.46. The van der Waals surface area contributed by atoms with Crippen LogP contribution in [0.15, 0.2) is 0 Å². The van der Waals surface area contributed by atoms with Crippen molar-refractivity contribution in [2.75, 3.05) is 0 Å². The van der Waals surface area contributed by atoms with Gasteiger partial charge >= 0.3 is 18.1 Å². The molecule has 0 saturated carbocycles. The summed E-state index contributed by atoms with van der Waals surface area (Å²) in [4.78, 5) is 0. The second-order valence-electron chi connectivity index (χ2n) is 1.71. The molecule has 1 rings (SSSR count). The fourth-order valence-electron chi connectivity index (χ4n) is 0.374. The van der Waals surface area contributed by atoms with E-state index in [1.54, 1.807) is 0 Å². The SMILES string of the molecule is FC(F)(F)C1(F)OC1(F)F.[Na]. The third-order valence-electron chi connectivity index (χ3n) is 0.966. The molecule has 0 aromatic heterocycles. The first-order valence-corrected chi connectivity index (χ1v) is 2.04. The summed E-state index contributed by atoms with van der Waals surface area (Å²) in [5.74, 6) is -4.75. The van der Waals surface area contributed by atoms with Gasteiger partial charge in [-0.15, -0.1) is 0 Å². The number of hydrogen-bond donors (Lipinski definition) is 0. The Bertz CT molecular complexity index is 166. The summed E-state index contributed by atoms with van der Waals surface area (Å²) in [5.41, 5.74) is 0. The minimum absolute atomic E-state index is 0. The molecule has 0 bridgehead atoms. The molecule has 0 aromatic rings. The van der Waals surface area contributed by atoms with E-state index in [4.69, 9.17) is 0 Å². The monoisotopic (exact) mass is 189 g/mol. The molecule has 0 spiro atoms. The Balaban J connectivity index is 0.000001000. The van der Waals surface area contributed by atoms with E-state index in [-0.39, 0.29) is 29.6 Å². The summed E-state index contributed by atoms with van der Waals surface area (Å²) < 4.78 is 70.4. The standard InChI is InChI=1S/C3F6O.Na/c4-1(2(5,6)7)3(8,9)10-1;. The van der Waals surface area contributed by atoms with E-state index in [2.05, 4.69) is 4.74 Å². The summed E-state index contributed by atoms with van der Waals surface area (Å²) in [7, 11) is 0. The Labute approximate surface area is 79.0 Å². The topological polar surface area (TPSA) is 12.5 Å². The second kappa shape index (κ2) is 2.51. The van der Waals surface area contributed by atoms with Gasteiger partial charge in [0.1, 0.15) is 0 Å². The molecular weight excluding hydrogens is 189 g/mol. The molecule has 1 heterocycles. The van der Waals surface area contributed by atoms with E-state index in [1.807, 2.05) is 0 Å². The maximum absolute atomic E-state index is 11.7. The van der Waals surface area contributed by atoms with Gasteiger partial charge in [-0.05, 0) is 0 Å². The van der Waals surface area contributed by atoms with Crippen LogP contribution in [0, 0.1) is 0 Å². The molecule has 0 amide bonds. The molecule has 1 saturated heterocycles. The number of rotatable bonds is 0. The van der Waals surface area contributed by atoms with E-state index < -0.39 is 18.1 Å². The molecule has 0 aliphatic carbocycles. The molecule has 1 unspecified atom stereocenters. The summed E-state index contributed by atoms with van der Waals surface area (Å²) in [6.45, 7) is 0. The Hall–Kier alpha value is 0.540. The van der Waals surface area contributed by atoms with E-state index in [0.717, 1.165) is 0 Å². The summed E-state index contributed by atoms with van der Waals surface area (Å²) >= 11 is 0. The number of alkyl halides is 6. The molecule has 8 heteroatoms. The first-order chi connectivity index (χ1) is 4.21. The zero-order chi connectivity index (χ0) is 8.21. The summed E-state index contributed by atoms with van der Waals surface area (Å²) in [6, 6.07) is 0. The Kier molecular flexibility index (Phi) is 2.64. The van der Waals surface area contributed by atoms with Crippen molar-refractivity contribution in [1.82, 2.24) is 0 Å². The maximum atomic E-state index is 11.7. The second-order valence-corrected chi connectivity index (χ2v) is 1.71. The summed E-state index contributed by atoms with van der Waals surface area (Å²) in [6.07, 6.45) is -10.4. The van der Waals surface area contributed by atoms with Crippen molar-refractivity contribution in [3.05, 3.63) is 0 Å². The fraction of sp³-hybridized carbons (Fsp3) is 1.00. The van der Waals surface area contributed by atoms with Gasteiger partial charge in [-0.25, -0.2) is 0 Å². The minimum Gasteiger partial charge on any atom is -0.263 e. The van der Waals surface area contributed by atoms with Crippen LogP contribution in [0.3, 0.4) is 0 Å². The molecule has 1 aliphatic heterocycles. The molecule has 61 valence electrons. The summed E-state index contributed by atoms with van der Waals surface area (Å²) in [5, 5.41) is 0. The van der Waals surface area contributed by atoms with E-state index >= 15 is 0 Å². The Morgan fingerprint density at radius 1 is 1.00 bits per heavy atom. The molecule has 0 aromatic carbocycles. The van der Waals surface area contributed by atoms with E-state index in [0.29, 0.717) is 0 Å². The molecule has 1 atom stereocenters. The van der Waals surface area contributed by atoms with Gasteiger partial charge in [-0.3, -0.25) is 4.74 Å². The third-order valence-corrected chi connectivity index (χ3v) is 0.966. The van der Waals surface area contributed by atoms with Gasteiger partial charge in [0.05, 0.1) is 0 Å². The zero-order valence-corrected chi connectivity index (χ0v) is 7.18. The van der Waals surface area contributed by atoms with Crippen LogP contribution in [0.4, 0.5) is 26.3 Å². The van der Waals surface area contributed by atoms with Gasteiger partial charge in [-0.1, -0.05) is 0 Å². The zero-order valence-electron chi connectivity index (χ0n) is 5.18. The predicted molar refractivity (Wildman–Crippen MR) is 21.7 cm³/mol. The molecule has 1 nitrogen and oxygen atoms in total. The average molecular weight is 189 g/mol. The van der Waals surface area contributed by atoms with Gasteiger partial charge in [0.2, 0.25) is 0 Å². The largest absolute Gasteiger partial charge is 0.458 e. The average Bonchev–Trinajstić information content (AvgIpc) is 2.05. The first-order valence-electron chi connectivity index (χ1n) is 2.04. The normalized spacial score (nSPS) is 34.4. The van der Waals surface area contributed by atoms with Gasteiger partial charge in [-0.2, -0.15) is 26.3 Å². The van der Waals surface area contributed by atoms with Crippen molar-refractivity contribution in [2.45, 2.75) is 18.1 Å². The number of ether oxygens (including phenoxy) is 1. The third kappa shape index (κ3) is 1.51. The molecule has 1 fully saturated rings. The van der Waals surface area contributed by atoms with Gasteiger partial charge in [0.25, 0.3) is 0 Å². The van der Waals surface area contributed by atoms with Crippen molar-refractivity contribution in [2.24, 2.45) is 0 Å². The van der Waals surface area contributed by atoms with Crippen molar-refractivity contribution >= 4 is 29.6 Å². The van der Waals surface area contributed by atoms with Crippen LogP contribution in [0.1, 0.15) is 0 Å². The van der Waals surface area contributed by atoms with Crippen LogP contribution >= 0.6 is 0 Å². The molecular formula is C3F6NaO. The van der Waals surface area contributed by atoms with Crippen molar-refractivity contribution < 1.29 is 31.1 Å². The van der Waals surface area contributed by atoms with Gasteiger partial charge in [0, 0.05) is 29.6 Å². The van der Waals surface area contributed by atoms with E-state index in [9.17, 15) is 26.3 Å². The molecule has 0 N–H and O–H groups in total. The van der Waals surface area contributed by atoms with Crippen LogP contribution in [-0.4, -0.2) is 47.7 Å². The van der Waals surface area contributed by atoms with Crippen LogP contribution in [0.5, 0.6) is 0 Å². The quantitative estimate of drug-likeness (QED) is 0.319. The molecule has 1 radical (unpaired) electrons. The van der Waals surface area contributed by atoms with Crippen LogP contribution in [0.25, 0.3) is 0 Å². The van der Waals surface area contributed by atoms with Gasteiger partial charge < -0.3 is 0 Å². The molecule has 11 heavy (non-hydrogen) atoms. The first kappa shape index (κ1) is 11.5. The number of halogens is 6. The van der Waals surface area contributed by atoms with Crippen molar-refractivity contribution in [1.29, 1.82) is 0 Å². The van der Waals surface area contributed by atoms with Gasteiger partial charge in [0.15, 0.2) is 0 Å². The van der Waals surface area contributed by atoms with Crippen molar-refractivity contribution in [3.8, 4) is 0 Å². The number of hydrogen-bond acceptors (Lipinski definition) is 1. The Morgan fingerprint density at radius 2 is 1.27 bits per heavy atom.